The van der Waals surface area contributed by atoms with Crippen molar-refractivity contribution < 1.29 is 0 Å². The summed E-state index contributed by atoms with van der Waals surface area (Å²) in [5, 5.41) is 0. The van der Waals surface area contributed by atoms with Gasteiger partial charge in [0.1, 0.15) is 0 Å². The summed E-state index contributed by atoms with van der Waals surface area (Å²) in [4.78, 5) is 0. The predicted molar refractivity (Wildman–Crippen MR) is 88.1 cm³/mol. The molecule has 0 amide bonds. The molecule has 21 heavy (non-hydrogen) atoms. The van der Waals surface area contributed by atoms with Gasteiger partial charge in [-0.2, -0.15) is 0 Å². The molecular formula is C19H24N2. The molecular weight excluding hydrogens is 256 g/mol. The molecule has 0 radical (unpaired) electrons. The van der Waals surface area contributed by atoms with Crippen LogP contribution in [0.1, 0.15) is 52.6 Å². The van der Waals surface area contributed by atoms with E-state index in [2.05, 4.69) is 61.7 Å². The standard InChI is InChI=1S/C19H24N2/c1-13-10-11-14(2)18(12-13)19(21-20)17-9-5-7-15-6-3-4-8-16(15)17/h3-4,6,8,10-12,17,19,21H,5,7,9,20H2,1-2H3. The van der Waals surface area contributed by atoms with E-state index in [4.69, 9.17) is 5.84 Å². The van der Waals surface area contributed by atoms with Gasteiger partial charge < -0.3 is 0 Å². The van der Waals surface area contributed by atoms with Gasteiger partial charge >= 0.3 is 0 Å². The predicted octanol–water partition coefficient (Wildman–Crippen LogP) is 3.93. The first kappa shape index (κ1) is 14.3. The molecule has 0 saturated heterocycles. The maximum absolute atomic E-state index is 5.96. The lowest BCUT2D eigenvalue weighted by molar-refractivity contribution is 0.407. The first-order chi connectivity index (χ1) is 10.2. The van der Waals surface area contributed by atoms with Crippen LogP contribution in [0, 0.1) is 13.8 Å². The lowest BCUT2D eigenvalue weighted by Gasteiger charge is -2.33. The Morgan fingerprint density at radius 3 is 2.76 bits per heavy atom. The van der Waals surface area contributed by atoms with Gasteiger partial charge in [0.25, 0.3) is 0 Å². The lowest BCUT2D eigenvalue weighted by Crippen LogP contribution is -2.34. The molecule has 1 aliphatic rings. The lowest BCUT2D eigenvalue weighted by atomic mass is 9.76. The summed E-state index contributed by atoms with van der Waals surface area (Å²) in [6.45, 7) is 4.32. The fraction of sp³-hybridized carbons (Fsp3) is 0.368. The zero-order chi connectivity index (χ0) is 14.8. The number of hydrazine groups is 1. The van der Waals surface area contributed by atoms with Crippen molar-refractivity contribution in [3.8, 4) is 0 Å². The van der Waals surface area contributed by atoms with Crippen molar-refractivity contribution in [1.29, 1.82) is 0 Å². The van der Waals surface area contributed by atoms with Crippen molar-refractivity contribution in [3.05, 3.63) is 70.3 Å². The molecule has 2 heteroatoms. The van der Waals surface area contributed by atoms with Crippen LogP contribution in [0.3, 0.4) is 0 Å². The van der Waals surface area contributed by atoms with Crippen LogP contribution in [0.5, 0.6) is 0 Å². The van der Waals surface area contributed by atoms with Crippen molar-refractivity contribution in [2.45, 2.75) is 45.1 Å². The maximum atomic E-state index is 5.96. The van der Waals surface area contributed by atoms with Crippen molar-refractivity contribution in [2.75, 3.05) is 0 Å². The monoisotopic (exact) mass is 280 g/mol. The molecule has 0 saturated carbocycles. The van der Waals surface area contributed by atoms with Crippen LogP contribution in [0.4, 0.5) is 0 Å². The van der Waals surface area contributed by atoms with Crippen molar-refractivity contribution >= 4 is 0 Å². The second-order valence-electron chi connectivity index (χ2n) is 6.20. The topological polar surface area (TPSA) is 38.0 Å². The number of nitrogens with two attached hydrogens (primary N) is 1. The van der Waals surface area contributed by atoms with Gasteiger partial charge in [-0.1, -0.05) is 48.0 Å². The Morgan fingerprint density at radius 2 is 1.95 bits per heavy atom. The third kappa shape index (κ3) is 2.74. The van der Waals surface area contributed by atoms with E-state index in [1.165, 1.54) is 47.1 Å². The molecule has 2 unspecified atom stereocenters. The van der Waals surface area contributed by atoms with Gasteiger partial charge in [-0.25, -0.2) is 0 Å². The van der Waals surface area contributed by atoms with Gasteiger partial charge in [0.2, 0.25) is 0 Å². The Hall–Kier alpha value is -1.64. The molecule has 2 aromatic carbocycles. The SMILES string of the molecule is Cc1ccc(C)c(C(NN)C2CCCc3ccccc32)c1. The van der Waals surface area contributed by atoms with Crippen LogP contribution in [0.2, 0.25) is 0 Å². The molecule has 0 spiro atoms. The molecule has 0 aromatic heterocycles. The normalized spacial score (nSPS) is 19.1. The van der Waals surface area contributed by atoms with Gasteiger partial charge in [0, 0.05) is 5.92 Å². The van der Waals surface area contributed by atoms with Gasteiger partial charge in [-0.3, -0.25) is 11.3 Å². The molecule has 110 valence electrons. The van der Waals surface area contributed by atoms with E-state index in [1.54, 1.807) is 0 Å². The fourth-order valence-corrected chi connectivity index (χ4v) is 3.66. The number of nitrogens with one attached hydrogen (secondary N) is 1. The Labute approximate surface area is 127 Å². The van der Waals surface area contributed by atoms with Crippen molar-refractivity contribution in [2.24, 2.45) is 5.84 Å². The molecule has 2 aromatic rings. The summed E-state index contributed by atoms with van der Waals surface area (Å²) in [5.41, 5.74) is 9.98. The summed E-state index contributed by atoms with van der Waals surface area (Å²) in [5.74, 6) is 6.42. The maximum Gasteiger partial charge on any atom is 0.0531 e. The Kier molecular flexibility index (Phi) is 4.09. The average molecular weight is 280 g/mol. The third-order valence-corrected chi connectivity index (χ3v) is 4.77. The second kappa shape index (κ2) is 6.00. The van der Waals surface area contributed by atoms with E-state index >= 15 is 0 Å². The summed E-state index contributed by atoms with van der Waals surface area (Å²) in [6.07, 6.45) is 3.63. The minimum atomic E-state index is 0.186. The summed E-state index contributed by atoms with van der Waals surface area (Å²) < 4.78 is 0. The highest BCUT2D eigenvalue weighted by atomic mass is 15.2. The molecule has 3 rings (SSSR count). The second-order valence-corrected chi connectivity index (χ2v) is 6.20. The van der Waals surface area contributed by atoms with E-state index in [0.29, 0.717) is 5.92 Å². The minimum absolute atomic E-state index is 0.186. The Bertz CT molecular complexity index is 633. The van der Waals surface area contributed by atoms with Crippen LogP contribution in [0.25, 0.3) is 0 Å². The van der Waals surface area contributed by atoms with Crippen LogP contribution >= 0.6 is 0 Å². The Balaban J connectivity index is 2.03. The van der Waals surface area contributed by atoms with Gasteiger partial charge in [0.15, 0.2) is 0 Å². The smallest absolute Gasteiger partial charge is 0.0531 e. The number of rotatable bonds is 3. The molecule has 3 N–H and O–H groups in total. The third-order valence-electron chi connectivity index (χ3n) is 4.77. The average Bonchev–Trinajstić information content (AvgIpc) is 2.51. The van der Waals surface area contributed by atoms with E-state index in [-0.39, 0.29) is 6.04 Å². The van der Waals surface area contributed by atoms with Crippen LogP contribution in [0.15, 0.2) is 42.5 Å². The number of fused-ring (bicyclic) bond motifs is 1. The van der Waals surface area contributed by atoms with Crippen molar-refractivity contribution in [1.82, 2.24) is 5.43 Å². The van der Waals surface area contributed by atoms with Gasteiger partial charge in [-0.05, 0) is 55.4 Å². The molecule has 0 aliphatic heterocycles. The van der Waals surface area contributed by atoms with E-state index in [9.17, 15) is 0 Å². The summed E-state index contributed by atoms with van der Waals surface area (Å²) in [7, 11) is 0. The largest absolute Gasteiger partial charge is 0.271 e. The summed E-state index contributed by atoms with van der Waals surface area (Å²) in [6, 6.07) is 15.7. The first-order valence-electron chi connectivity index (χ1n) is 7.82. The highest BCUT2D eigenvalue weighted by Gasteiger charge is 2.29. The fourth-order valence-electron chi connectivity index (χ4n) is 3.66. The molecule has 2 nitrogen and oxygen atoms in total. The highest BCUT2D eigenvalue weighted by molar-refractivity contribution is 5.39. The number of aryl methyl sites for hydroxylation is 3. The highest BCUT2D eigenvalue weighted by Crippen LogP contribution is 2.40. The zero-order valence-corrected chi connectivity index (χ0v) is 12.9. The van der Waals surface area contributed by atoms with Gasteiger partial charge in [-0.15, -0.1) is 0 Å². The van der Waals surface area contributed by atoms with Crippen LogP contribution < -0.4 is 11.3 Å². The Morgan fingerprint density at radius 1 is 1.14 bits per heavy atom. The molecule has 2 atom stereocenters. The quantitative estimate of drug-likeness (QED) is 0.660. The van der Waals surface area contributed by atoms with E-state index < -0.39 is 0 Å². The summed E-state index contributed by atoms with van der Waals surface area (Å²) >= 11 is 0. The minimum Gasteiger partial charge on any atom is -0.271 e. The molecule has 0 fully saturated rings. The zero-order valence-electron chi connectivity index (χ0n) is 12.9. The molecule has 0 bridgehead atoms. The number of hydrogen-bond donors (Lipinski definition) is 2. The van der Waals surface area contributed by atoms with E-state index in [0.717, 1.165) is 0 Å². The van der Waals surface area contributed by atoms with Crippen LogP contribution in [-0.2, 0) is 6.42 Å². The van der Waals surface area contributed by atoms with E-state index in [1.807, 2.05) is 0 Å². The van der Waals surface area contributed by atoms with Crippen LogP contribution in [-0.4, -0.2) is 0 Å². The van der Waals surface area contributed by atoms with Crippen molar-refractivity contribution in [3.63, 3.8) is 0 Å². The first-order valence-corrected chi connectivity index (χ1v) is 7.82. The van der Waals surface area contributed by atoms with Gasteiger partial charge in [0.05, 0.1) is 6.04 Å². The number of benzene rings is 2. The molecule has 0 heterocycles. The number of hydrogen-bond acceptors (Lipinski definition) is 2. The molecule has 1 aliphatic carbocycles.